The Hall–Kier alpha value is -0.0400. The number of hydrogen-bond donors (Lipinski definition) is 1. The lowest BCUT2D eigenvalue weighted by molar-refractivity contribution is 0.177. The molecule has 1 heterocycles. The molecule has 1 saturated carbocycles. The summed E-state index contributed by atoms with van der Waals surface area (Å²) in [7, 11) is 0. The lowest BCUT2D eigenvalue weighted by atomic mass is 9.73. The quantitative estimate of drug-likeness (QED) is 0.730. The van der Waals surface area contributed by atoms with Crippen molar-refractivity contribution in [3.8, 4) is 0 Å². The third-order valence-corrected chi connectivity index (χ3v) is 4.36. The Balaban J connectivity index is 1.98. The Morgan fingerprint density at radius 2 is 1.71 bits per heavy atom. The molecule has 2 fully saturated rings. The van der Waals surface area contributed by atoms with E-state index in [1.165, 1.54) is 45.2 Å². The Kier molecular flexibility index (Phi) is 3.48. The van der Waals surface area contributed by atoms with E-state index in [-0.39, 0.29) is 0 Å². The molecule has 82 valence electrons. The first-order valence-electron chi connectivity index (χ1n) is 6.49. The zero-order valence-electron chi connectivity index (χ0n) is 9.76. The molecule has 0 radical (unpaired) electrons. The summed E-state index contributed by atoms with van der Waals surface area (Å²) in [5, 5.41) is 3.53. The van der Waals surface area contributed by atoms with E-state index in [0.29, 0.717) is 0 Å². The van der Waals surface area contributed by atoms with E-state index in [2.05, 4.69) is 19.2 Å². The van der Waals surface area contributed by atoms with Gasteiger partial charge in [0.2, 0.25) is 0 Å². The molecular formula is C13H25N. The van der Waals surface area contributed by atoms with Gasteiger partial charge in [-0.2, -0.15) is 0 Å². The van der Waals surface area contributed by atoms with Crippen LogP contribution in [0.15, 0.2) is 0 Å². The molecule has 0 aromatic heterocycles. The summed E-state index contributed by atoms with van der Waals surface area (Å²) < 4.78 is 0. The van der Waals surface area contributed by atoms with Crippen LogP contribution in [0, 0.1) is 23.7 Å². The van der Waals surface area contributed by atoms with E-state index < -0.39 is 0 Å². The minimum Gasteiger partial charge on any atom is -0.316 e. The van der Waals surface area contributed by atoms with Gasteiger partial charge in [-0.3, -0.25) is 0 Å². The monoisotopic (exact) mass is 195 g/mol. The van der Waals surface area contributed by atoms with E-state index in [4.69, 9.17) is 0 Å². The molecule has 1 N–H and O–H groups in total. The van der Waals surface area contributed by atoms with Crippen molar-refractivity contribution in [1.29, 1.82) is 0 Å². The highest BCUT2D eigenvalue weighted by Crippen LogP contribution is 2.41. The zero-order chi connectivity index (χ0) is 9.97. The average molecular weight is 195 g/mol. The van der Waals surface area contributed by atoms with E-state index in [1.807, 2.05) is 0 Å². The van der Waals surface area contributed by atoms with E-state index >= 15 is 0 Å². The molecule has 1 heteroatoms. The minimum atomic E-state index is 0.892. The van der Waals surface area contributed by atoms with Gasteiger partial charge in [0.15, 0.2) is 0 Å². The molecule has 0 aromatic carbocycles. The van der Waals surface area contributed by atoms with Crippen molar-refractivity contribution in [2.75, 3.05) is 13.1 Å². The number of hydrogen-bond acceptors (Lipinski definition) is 1. The topological polar surface area (TPSA) is 12.0 Å². The first kappa shape index (κ1) is 10.5. The Morgan fingerprint density at radius 1 is 1.00 bits per heavy atom. The van der Waals surface area contributed by atoms with Crippen LogP contribution >= 0.6 is 0 Å². The van der Waals surface area contributed by atoms with Crippen molar-refractivity contribution in [3.63, 3.8) is 0 Å². The second-order valence-corrected chi connectivity index (χ2v) is 5.62. The van der Waals surface area contributed by atoms with Crippen molar-refractivity contribution in [2.45, 2.75) is 46.0 Å². The van der Waals surface area contributed by atoms with Crippen LogP contribution in [0.2, 0.25) is 0 Å². The maximum atomic E-state index is 3.53. The lowest BCUT2D eigenvalue weighted by Crippen LogP contribution is -2.28. The molecule has 1 nitrogen and oxygen atoms in total. The third-order valence-electron chi connectivity index (χ3n) is 4.36. The molecule has 1 saturated heterocycles. The van der Waals surface area contributed by atoms with Crippen molar-refractivity contribution < 1.29 is 0 Å². The van der Waals surface area contributed by atoms with Gasteiger partial charge >= 0.3 is 0 Å². The number of rotatable bonds is 3. The minimum absolute atomic E-state index is 0.892. The van der Waals surface area contributed by atoms with Gasteiger partial charge in [-0.05, 0) is 43.2 Å². The highest BCUT2D eigenvalue weighted by Gasteiger charge is 2.34. The van der Waals surface area contributed by atoms with E-state index in [1.54, 1.807) is 0 Å². The van der Waals surface area contributed by atoms with Crippen LogP contribution in [-0.2, 0) is 0 Å². The second kappa shape index (κ2) is 4.65. The normalized spacial score (nSPS) is 31.5. The smallest absolute Gasteiger partial charge is 0.00172 e. The van der Waals surface area contributed by atoms with Crippen molar-refractivity contribution in [3.05, 3.63) is 0 Å². The van der Waals surface area contributed by atoms with Gasteiger partial charge in [0.25, 0.3) is 0 Å². The molecule has 0 amide bonds. The molecule has 1 aliphatic carbocycles. The molecule has 2 aliphatic rings. The molecule has 0 bridgehead atoms. The van der Waals surface area contributed by atoms with Crippen LogP contribution in [0.1, 0.15) is 46.0 Å². The summed E-state index contributed by atoms with van der Waals surface area (Å²) in [6.45, 7) is 7.42. The largest absolute Gasteiger partial charge is 0.316 e. The van der Waals surface area contributed by atoms with E-state index in [0.717, 1.165) is 23.7 Å². The molecule has 1 aliphatic heterocycles. The van der Waals surface area contributed by atoms with Crippen LogP contribution < -0.4 is 5.32 Å². The zero-order valence-corrected chi connectivity index (χ0v) is 9.76. The third kappa shape index (κ3) is 2.13. The second-order valence-electron chi connectivity index (χ2n) is 5.62. The van der Waals surface area contributed by atoms with Gasteiger partial charge in [0.05, 0.1) is 0 Å². The van der Waals surface area contributed by atoms with Gasteiger partial charge in [0.1, 0.15) is 0 Å². The highest BCUT2D eigenvalue weighted by molar-refractivity contribution is 4.86. The first-order valence-corrected chi connectivity index (χ1v) is 6.49. The summed E-state index contributed by atoms with van der Waals surface area (Å²) in [5.74, 6) is 3.94. The van der Waals surface area contributed by atoms with Gasteiger partial charge < -0.3 is 5.32 Å². The molecule has 0 spiro atoms. The molecule has 2 atom stereocenters. The fourth-order valence-corrected chi connectivity index (χ4v) is 3.82. The average Bonchev–Trinajstić information content (AvgIpc) is 2.75. The predicted molar refractivity (Wildman–Crippen MR) is 61.3 cm³/mol. The Morgan fingerprint density at radius 3 is 2.21 bits per heavy atom. The van der Waals surface area contributed by atoms with Crippen LogP contribution in [0.5, 0.6) is 0 Å². The van der Waals surface area contributed by atoms with E-state index in [9.17, 15) is 0 Å². The highest BCUT2D eigenvalue weighted by atomic mass is 14.9. The molecule has 14 heavy (non-hydrogen) atoms. The van der Waals surface area contributed by atoms with Gasteiger partial charge in [0, 0.05) is 0 Å². The fourth-order valence-electron chi connectivity index (χ4n) is 3.82. The molecule has 0 aromatic rings. The van der Waals surface area contributed by atoms with Crippen LogP contribution in [0.25, 0.3) is 0 Å². The van der Waals surface area contributed by atoms with Crippen LogP contribution in [-0.4, -0.2) is 13.1 Å². The lowest BCUT2D eigenvalue weighted by Gasteiger charge is -2.32. The standard InChI is InChI=1S/C13H25N/c1-10(2)13(11-5-3-4-6-11)12-7-8-14-9-12/h10-14H,3-9H2,1-2H3. The Bertz CT molecular complexity index is 148. The maximum absolute atomic E-state index is 3.53. The summed E-state index contributed by atoms with van der Waals surface area (Å²) in [6, 6.07) is 0. The van der Waals surface area contributed by atoms with Crippen LogP contribution in [0.3, 0.4) is 0 Å². The summed E-state index contributed by atoms with van der Waals surface area (Å²) in [5.41, 5.74) is 0. The van der Waals surface area contributed by atoms with Crippen molar-refractivity contribution in [2.24, 2.45) is 23.7 Å². The summed E-state index contributed by atoms with van der Waals surface area (Å²) >= 11 is 0. The molecular weight excluding hydrogens is 170 g/mol. The summed E-state index contributed by atoms with van der Waals surface area (Å²) in [6.07, 6.45) is 7.44. The van der Waals surface area contributed by atoms with Gasteiger partial charge in [-0.25, -0.2) is 0 Å². The van der Waals surface area contributed by atoms with Crippen LogP contribution in [0.4, 0.5) is 0 Å². The van der Waals surface area contributed by atoms with Crippen molar-refractivity contribution >= 4 is 0 Å². The molecule has 2 unspecified atom stereocenters. The first-order chi connectivity index (χ1) is 6.79. The van der Waals surface area contributed by atoms with Gasteiger partial charge in [-0.15, -0.1) is 0 Å². The summed E-state index contributed by atoms with van der Waals surface area (Å²) in [4.78, 5) is 0. The maximum Gasteiger partial charge on any atom is -0.00172 e. The molecule has 2 rings (SSSR count). The SMILES string of the molecule is CC(C)C(C1CCCC1)C1CCNC1. The fraction of sp³-hybridized carbons (Fsp3) is 1.00. The predicted octanol–water partition coefficient (Wildman–Crippen LogP) is 3.06. The van der Waals surface area contributed by atoms with Gasteiger partial charge in [-0.1, -0.05) is 39.5 Å². The van der Waals surface area contributed by atoms with Crippen molar-refractivity contribution in [1.82, 2.24) is 5.32 Å². The number of nitrogens with one attached hydrogen (secondary N) is 1. The Labute approximate surface area is 88.7 Å².